The second-order valence-electron chi connectivity index (χ2n) is 6.48. The minimum Gasteiger partial charge on any atom is -0.350 e. The van der Waals surface area contributed by atoms with Gasteiger partial charge in [0.25, 0.3) is 0 Å². The van der Waals surface area contributed by atoms with E-state index in [1.165, 1.54) is 12.1 Å². The topological polar surface area (TPSA) is 75.1 Å². The van der Waals surface area contributed by atoms with Crippen molar-refractivity contribution in [3.63, 3.8) is 0 Å². The van der Waals surface area contributed by atoms with Crippen LogP contribution in [0.5, 0.6) is 0 Å². The van der Waals surface area contributed by atoms with Gasteiger partial charge in [-0.05, 0) is 18.2 Å². The Morgan fingerprint density at radius 1 is 1.20 bits per heavy atom. The molecule has 0 spiro atoms. The molecule has 2 aromatic heterocycles. The Kier molecular flexibility index (Phi) is 5.30. The van der Waals surface area contributed by atoms with Crippen LogP contribution in [0.25, 0.3) is 16.7 Å². The van der Waals surface area contributed by atoms with Crippen molar-refractivity contribution in [1.82, 2.24) is 15.0 Å². The molecule has 1 aromatic carbocycles. The van der Waals surface area contributed by atoms with E-state index in [-0.39, 0.29) is 6.54 Å². The number of pyridine rings is 1. The largest absolute Gasteiger partial charge is 0.350 e. The molecular formula is C22H18F2N6. The number of allylic oxidation sites excluding steroid dienone is 2. The highest BCUT2D eigenvalue weighted by atomic mass is 19.1. The zero-order chi connectivity index (χ0) is 21.1. The van der Waals surface area contributed by atoms with Gasteiger partial charge in [0.15, 0.2) is 0 Å². The van der Waals surface area contributed by atoms with Crippen LogP contribution in [0.15, 0.2) is 66.6 Å². The molecule has 150 valence electrons. The third-order valence-electron chi connectivity index (χ3n) is 4.62. The lowest BCUT2D eigenvalue weighted by Crippen LogP contribution is -2.14. The minimum absolute atomic E-state index is 0.110. The van der Waals surface area contributed by atoms with Gasteiger partial charge in [0.2, 0.25) is 5.95 Å². The molecule has 0 saturated heterocycles. The van der Waals surface area contributed by atoms with Gasteiger partial charge >= 0.3 is 0 Å². The molecule has 3 heterocycles. The van der Waals surface area contributed by atoms with Crippen LogP contribution in [-0.2, 0) is 6.54 Å². The number of benzene rings is 1. The van der Waals surface area contributed by atoms with Crippen LogP contribution in [0.4, 0.5) is 20.4 Å². The van der Waals surface area contributed by atoms with E-state index in [1.807, 2.05) is 12.1 Å². The molecule has 0 amide bonds. The fourth-order valence-corrected chi connectivity index (χ4v) is 3.20. The molecule has 0 saturated carbocycles. The first kappa shape index (κ1) is 19.4. The lowest BCUT2D eigenvalue weighted by molar-refractivity contribution is 0.574. The average Bonchev–Trinajstić information content (AvgIpc) is 2.88. The summed E-state index contributed by atoms with van der Waals surface area (Å²) < 4.78 is 27.1. The number of aromatic nitrogens is 3. The van der Waals surface area contributed by atoms with Gasteiger partial charge in [0.1, 0.15) is 17.5 Å². The molecule has 0 bridgehead atoms. The predicted octanol–water partition coefficient (Wildman–Crippen LogP) is 4.45. The molecule has 0 atom stereocenters. The summed E-state index contributed by atoms with van der Waals surface area (Å²) in [6, 6.07) is 5.32. The van der Waals surface area contributed by atoms with Crippen molar-refractivity contribution in [3.05, 3.63) is 84.5 Å². The summed E-state index contributed by atoms with van der Waals surface area (Å²) in [5.74, 6) is -0.336. The van der Waals surface area contributed by atoms with Gasteiger partial charge in [0, 0.05) is 54.3 Å². The maximum Gasteiger partial charge on any atom is 0.223 e. The van der Waals surface area contributed by atoms with Crippen molar-refractivity contribution in [3.8, 4) is 11.1 Å². The van der Waals surface area contributed by atoms with Crippen molar-refractivity contribution >= 4 is 23.0 Å². The summed E-state index contributed by atoms with van der Waals surface area (Å²) in [5, 5.41) is 6.28. The smallest absolute Gasteiger partial charge is 0.223 e. The summed E-state index contributed by atoms with van der Waals surface area (Å²) in [7, 11) is 1.68. The van der Waals surface area contributed by atoms with Gasteiger partial charge in [-0.2, -0.15) is 0 Å². The quantitative estimate of drug-likeness (QED) is 0.672. The first-order valence-electron chi connectivity index (χ1n) is 9.17. The van der Waals surface area contributed by atoms with Crippen molar-refractivity contribution in [2.75, 3.05) is 17.7 Å². The van der Waals surface area contributed by atoms with Crippen LogP contribution in [0.2, 0.25) is 0 Å². The lowest BCUT2D eigenvalue weighted by atomic mass is 10.0. The molecular weight excluding hydrogens is 386 g/mol. The van der Waals surface area contributed by atoms with Gasteiger partial charge in [-0.1, -0.05) is 18.7 Å². The average molecular weight is 404 g/mol. The number of nitrogens with one attached hydrogen (secondary N) is 2. The normalized spacial score (nSPS) is 15.2. The van der Waals surface area contributed by atoms with E-state index in [0.29, 0.717) is 23.0 Å². The van der Waals surface area contributed by atoms with E-state index in [1.54, 1.807) is 31.7 Å². The van der Waals surface area contributed by atoms with E-state index in [4.69, 9.17) is 0 Å². The molecule has 30 heavy (non-hydrogen) atoms. The summed E-state index contributed by atoms with van der Waals surface area (Å²) >= 11 is 0. The molecule has 1 aliphatic rings. The van der Waals surface area contributed by atoms with Crippen molar-refractivity contribution in [2.45, 2.75) is 6.54 Å². The van der Waals surface area contributed by atoms with Crippen molar-refractivity contribution in [2.24, 2.45) is 4.99 Å². The number of hydrogen-bond acceptors (Lipinski definition) is 5. The van der Waals surface area contributed by atoms with E-state index in [2.05, 4.69) is 37.2 Å². The zero-order valence-electron chi connectivity index (χ0n) is 16.2. The number of aliphatic imine (C=N–C) groups is 1. The van der Waals surface area contributed by atoms with E-state index < -0.39 is 11.6 Å². The lowest BCUT2D eigenvalue weighted by Gasteiger charge is -2.12. The molecule has 1 aliphatic heterocycles. The minimum atomic E-state index is -0.629. The highest BCUT2D eigenvalue weighted by Crippen LogP contribution is 2.36. The molecule has 3 aromatic rings. The highest BCUT2D eigenvalue weighted by Gasteiger charge is 2.24. The van der Waals surface area contributed by atoms with Gasteiger partial charge < -0.3 is 10.6 Å². The predicted molar refractivity (Wildman–Crippen MR) is 114 cm³/mol. The van der Waals surface area contributed by atoms with Crippen LogP contribution in [0, 0.1) is 11.6 Å². The molecule has 2 N–H and O–H groups in total. The van der Waals surface area contributed by atoms with Crippen molar-refractivity contribution in [1.29, 1.82) is 0 Å². The summed E-state index contributed by atoms with van der Waals surface area (Å²) in [6.45, 7) is 3.90. The molecule has 6 nitrogen and oxygen atoms in total. The second-order valence-corrected chi connectivity index (χ2v) is 6.48. The molecule has 0 radical (unpaired) electrons. The Hall–Kier alpha value is -3.94. The summed E-state index contributed by atoms with van der Waals surface area (Å²) in [5.41, 5.74) is 4.15. The summed E-state index contributed by atoms with van der Waals surface area (Å²) in [6.07, 6.45) is 8.57. The fourth-order valence-electron chi connectivity index (χ4n) is 3.20. The standard InChI is InChI=1S/C22H18F2N6/c1-3-4-16-20-17(15-7-8-26-12-19(15)29-21(16)25-2)11-28-22(30-20)27-10-13-5-6-14(23)9-18(13)24/h3-9,11-12H,1,10H2,2H3,(H,25,29)(H,27,28,30)/b16-4-. The number of nitrogens with zero attached hydrogens (tertiary/aromatic N) is 4. The van der Waals surface area contributed by atoms with Crippen LogP contribution >= 0.6 is 0 Å². The van der Waals surface area contributed by atoms with E-state index >= 15 is 0 Å². The van der Waals surface area contributed by atoms with E-state index in [9.17, 15) is 8.78 Å². The Morgan fingerprint density at radius 2 is 2.07 bits per heavy atom. The maximum atomic E-state index is 13.9. The van der Waals surface area contributed by atoms with Gasteiger partial charge in [-0.3, -0.25) is 9.98 Å². The van der Waals surface area contributed by atoms with Crippen LogP contribution in [0.3, 0.4) is 0 Å². The van der Waals surface area contributed by atoms with Crippen LogP contribution in [-0.4, -0.2) is 27.8 Å². The van der Waals surface area contributed by atoms with Crippen LogP contribution in [0.1, 0.15) is 11.3 Å². The number of anilines is 2. The number of hydrogen-bond donors (Lipinski definition) is 2. The first-order valence-corrected chi connectivity index (χ1v) is 9.17. The van der Waals surface area contributed by atoms with Gasteiger partial charge in [0.05, 0.1) is 17.6 Å². The molecule has 4 rings (SSSR count). The van der Waals surface area contributed by atoms with Crippen LogP contribution < -0.4 is 10.6 Å². The SMILES string of the molecule is C=C/C=C1\C(=NC)Nc2cnccc2-c2cnc(NCc3ccc(F)cc3F)nc21. The zero-order valence-corrected chi connectivity index (χ0v) is 16.2. The van der Waals surface area contributed by atoms with Gasteiger partial charge in [-0.15, -0.1) is 0 Å². The maximum absolute atomic E-state index is 13.9. The number of amidine groups is 1. The number of halogens is 2. The molecule has 0 unspecified atom stereocenters. The third kappa shape index (κ3) is 3.67. The monoisotopic (exact) mass is 404 g/mol. The van der Waals surface area contributed by atoms with E-state index in [0.717, 1.165) is 28.5 Å². The highest BCUT2D eigenvalue weighted by molar-refractivity contribution is 6.31. The second kappa shape index (κ2) is 8.20. The molecule has 0 fully saturated rings. The Bertz CT molecular complexity index is 1190. The Balaban J connectivity index is 1.76. The summed E-state index contributed by atoms with van der Waals surface area (Å²) in [4.78, 5) is 17.6. The third-order valence-corrected chi connectivity index (χ3v) is 4.62. The van der Waals surface area contributed by atoms with Crippen molar-refractivity contribution < 1.29 is 8.78 Å². The molecule has 0 aliphatic carbocycles. The van der Waals surface area contributed by atoms with Gasteiger partial charge in [-0.25, -0.2) is 18.7 Å². The number of fused-ring (bicyclic) bond motifs is 3. The Labute approximate surface area is 172 Å². The Morgan fingerprint density at radius 3 is 2.83 bits per heavy atom. The molecule has 8 heteroatoms. The first-order chi connectivity index (χ1) is 14.6. The number of rotatable bonds is 4. The fraction of sp³-hybridized carbons (Fsp3) is 0.0909.